The lowest BCUT2D eigenvalue weighted by atomic mass is 10.4. The van der Waals surface area contributed by atoms with E-state index in [4.69, 9.17) is 5.11 Å². The summed E-state index contributed by atoms with van der Waals surface area (Å²) in [6.45, 7) is 0.593. The van der Waals surface area contributed by atoms with Crippen LogP contribution in [0, 0.1) is 0 Å². The first-order valence-corrected chi connectivity index (χ1v) is 3.92. The molecule has 0 rings (SSSR count). The lowest BCUT2D eigenvalue weighted by molar-refractivity contribution is -0.868. The maximum absolute atomic E-state index is 10.3. The number of carbonyl (C=O) groups is 1. The van der Waals surface area contributed by atoms with Crippen LogP contribution in [-0.4, -0.2) is 48.1 Å². The molecule has 0 aromatic carbocycles. The van der Waals surface area contributed by atoms with Crippen LogP contribution in [0.3, 0.4) is 0 Å². The number of carboxylic acids is 1. The van der Waals surface area contributed by atoms with Crippen LogP contribution in [0.1, 0.15) is 0 Å². The zero-order chi connectivity index (χ0) is 8.36. The molecule has 0 radical (unpaired) electrons. The molecule has 0 saturated carbocycles. The van der Waals surface area contributed by atoms with E-state index in [-0.39, 0.29) is 0 Å². The summed E-state index contributed by atoms with van der Waals surface area (Å²) in [5.41, 5.74) is 0. The molecule has 0 aliphatic rings. The minimum Gasteiger partial charge on any atom is -0.480 e. The first-order chi connectivity index (χ1) is 4.33. The van der Waals surface area contributed by atoms with Crippen molar-refractivity contribution in [3.63, 3.8) is 0 Å². The van der Waals surface area contributed by atoms with Crippen LogP contribution in [0.15, 0.2) is 0 Å². The van der Waals surface area contributed by atoms with Crippen LogP contribution in [0.5, 0.6) is 0 Å². The molecular weight excluding hydrogens is 198 g/mol. The van der Waals surface area contributed by atoms with Crippen molar-refractivity contribution in [2.24, 2.45) is 0 Å². The fourth-order valence-corrected chi connectivity index (χ4v) is 1.43. The molecule has 0 saturated heterocycles. The van der Waals surface area contributed by atoms with E-state index in [1.54, 1.807) is 0 Å². The van der Waals surface area contributed by atoms with Crippen LogP contribution >= 0.6 is 15.9 Å². The van der Waals surface area contributed by atoms with E-state index in [9.17, 15) is 4.79 Å². The van der Waals surface area contributed by atoms with Crippen molar-refractivity contribution in [3.8, 4) is 0 Å². The largest absolute Gasteiger partial charge is 0.480 e. The van der Waals surface area contributed by atoms with Gasteiger partial charge in [0.15, 0.2) is 4.83 Å². The van der Waals surface area contributed by atoms with Crippen molar-refractivity contribution in [1.29, 1.82) is 0 Å². The van der Waals surface area contributed by atoms with E-state index >= 15 is 0 Å². The Balaban J connectivity index is 3.80. The summed E-state index contributed by atoms with van der Waals surface area (Å²) >= 11 is 3.06. The molecule has 0 heterocycles. The van der Waals surface area contributed by atoms with Gasteiger partial charge in [-0.15, -0.1) is 0 Å². The van der Waals surface area contributed by atoms with Gasteiger partial charge in [-0.25, -0.2) is 0 Å². The summed E-state index contributed by atoms with van der Waals surface area (Å²) in [7, 11) is 5.87. The van der Waals surface area contributed by atoms with Crippen molar-refractivity contribution < 1.29 is 14.4 Å². The maximum Gasteiger partial charge on any atom is 0.323 e. The van der Waals surface area contributed by atoms with E-state index in [0.29, 0.717) is 11.0 Å². The van der Waals surface area contributed by atoms with Gasteiger partial charge in [0.1, 0.15) is 6.54 Å². The smallest absolute Gasteiger partial charge is 0.323 e. The van der Waals surface area contributed by atoms with Crippen LogP contribution in [0.4, 0.5) is 0 Å². The number of nitrogens with zero attached hydrogens (tertiary/aromatic N) is 1. The Morgan fingerprint density at radius 1 is 1.60 bits per heavy atom. The molecule has 0 aromatic rings. The van der Waals surface area contributed by atoms with Gasteiger partial charge in [0.05, 0.1) is 21.1 Å². The van der Waals surface area contributed by atoms with Gasteiger partial charge in [0.25, 0.3) is 0 Å². The Labute approximate surface area is 69.4 Å². The second-order valence-electron chi connectivity index (χ2n) is 3.28. The number of quaternary nitrogens is 1. The number of aliphatic carboxylic acids is 1. The molecule has 4 heteroatoms. The van der Waals surface area contributed by atoms with E-state index in [1.807, 2.05) is 21.1 Å². The Kier molecular flexibility index (Phi) is 3.31. The molecule has 0 unspecified atom stereocenters. The molecule has 0 fully saturated rings. The van der Waals surface area contributed by atoms with E-state index in [1.165, 1.54) is 0 Å². The fourth-order valence-electron chi connectivity index (χ4n) is 0.559. The number of hydrogen-bond acceptors (Lipinski definition) is 1. The van der Waals surface area contributed by atoms with Gasteiger partial charge >= 0.3 is 5.97 Å². The van der Waals surface area contributed by atoms with Gasteiger partial charge < -0.3 is 9.59 Å². The molecule has 60 valence electrons. The zero-order valence-electron chi connectivity index (χ0n) is 6.47. The van der Waals surface area contributed by atoms with Crippen molar-refractivity contribution in [3.05, 3.63) is 0 Å². The standard InChI is InChI=1S/C6H12BrNO2/c1-8(2,3)4-5(7)6(9)10/h5H,4H2,1-3H3/p+1/t5-/m0/s1. The molecule has 0 aromatic heterocycles. The highest BCUT2D eigenvalue weighted by molar-refractivity contribution is 9.10. The van der Waals surface area contributed by atoms with Gasteiger partial charge in [-0.2, -0.15) is 0 Å². The Morgan fingerprint density at radius 3 is 2.10 bits per heavy atom. The van der Waals surface area contributed by atoms with Crippen molar-refractivity contribution >= 4 is 21.9 Å². The number of alkyl halides is 1. The summed E-state index contributed by atoms with van der Waals surface area (Å²) < 4.78 is 0.655. The highest BCUT2D eigenvalue weighted by atomic mass is 79.9. The predicted octanol–water partition coefficient (Wildman–Crippen LogP) is 0.541. The Hall–Kier alpha value is -0.0900. The number of carboxylic acid groups (broad SMARTS) is 1. The molecule has 1 atom stereocenters. The predicted molar refractivity (Wildman–Crippen MR) is 43.3 cm³/mol. The summed E-state index contributed by atoms with van der Waals surface area (Å²) in [5.74, 6) is -0.798. The molecular formula is C6H13BrNO2+. The first kappa shape index (κ1) is 9.91. The van der Waals surface area contributed by atoms with Gasteiger partial charge in [0, 0.05) is 0 Å². The molecule has 3 nitrogen and oxygen atoms in total. The van der Waals surface area contributed by atoms with Crippen LogP contribution in [-0.2, 0) is 4.79 Å². The van der Waals surface area contributed by atoms with Gasteiger partial charge in [-0.3, -0.25) is 4.79 Å². The monoisotopic (exact) mass is 210 g/mol. The average Bonchev–Trinajstić information content (AvgIpc) is 1.60. The van der Waals surface area contributed by atoms with Crippen molar-refractivity contribution in [2.45, 2.75) is 4.83 Å². The van der Waals surface area contributed by atoms with Crippen LogP contribution in [0.2, 0.25) is 0 Å². The molecule has 0 aliphatic carbocycles. The minimum atomic E-state index is -0.798. The quantitative estimate of drug-likeness (QED) is 0.546. The third-order valence-corrected chi connectivity index (χ3v) is 1.66. The number of hydrogen-bond donors (Lipinski definition) is 1. The van der Waals surface area contributed by atoms with E-state index < -0.39 is 10.8 Å². The van der Waals surface area contributed by atoms with Crippen molar-refractivity contribution in [2.75, 3.05) is 27.7 Å². The minimum absolute atomic E-state index is 0.438. The third kappa shape index (κ3) is 4.76. The van der Waals surface area contributed by atoms with E-state index in [0.717, 1.165) is 0 Å². The van der Waals surface area contributed by atoms with Gasteiger partial charge in [-0.05, 0) is 0 Å². The lowest BCUT2D eigenvalue weighted by Gasteiger charge is -2.24. The SMILES string of the molecule is C[N+](C)(C)C[C@H](Br)C(=O)O. The first-order valence-electron chi connectivity index (χ1n) is 3.00. The normalized spacial score (nSPS) is 14.8. The second kappa shape index (κ2) is 3.34. The number of rotatable bonds is 3. The molecule has 10 heavy (non-hydrogen) atoms. The summed E-state index contributed by atoms with van der Waals surface area (Å²) in [6, 6.07) is 0. The topological polar surface area (TPSA) is 37.3 Å². The molecule has 0 aliphatic heterocycles. The average molecular weight is 211 g/mol. The summed E-state index contributed by atoms with van der Waals surface area (Å²) in [5, 5.41) is 8.49. The molecule has 0 spiro atoms. The lowest BCUT2D eigenvalue weighted by Crippen LogP contribution is -2.41. The molecule has 0 bridgehead atoms. The van der Waals surface area contributed by atoms with Gasteiger partial charge in [-0.1, -0.05) is 15.9 Å². The third-order valence-electron chi connectivity index (χ3n) is 0.976. The zero-order valence-corrected chi connectivity index (χ0v) is 8.05. The van der Waals surface area contributed by atoms with Crippen LogP contribution < -0.4 is 0 Å². The van der Waals surface area contributed by atoms with Crippen LogP contribution in [0.25, 0.3) is 0 Å². The number of halogens is 1. The van der Waals surface area contributed by atoms with Crippen molar-refractivity contribution in [1.82, 2.24) is 0 Å². The maximum atomic E-state index is 10.3. The highest BCUT2D eigenvalue weighted by Gasteiger charge is 2.20. The summed E-state index contributed by atoms with van der Waals surface area (Å²) in [4.78, 5) is 9.88. The summed E-state index contributed by atoms with van der Waals surface area (Å²) in [6.07, 6.45) is 0. The van der Waals surface area contributed by atoms with E-state index in [2.05, 4.69) is 15.9 Å². The van der Waals surface area contributed by atoms with Gasteiger partial charge in [0.2, 0.25) is 0 Å². The Morgan fingerprint density at radius 2 is 2.00 bits per heavy atom. The highest BCUT2D eigenvalue weighted by Crippen LogP contribution is 2.04. The molecule has 0 amide bonds. The molecule has 1 N–H and O–H groups in total. The fraction of sp³-hybridized carbons (Fsp3) is 0.833. The second-order valence-corrected chi connectivity index (χ2v) is 4.38. The Bertz CT molecular complexity index is 130.